The van der Waals surface area contributed by atoms with Gasteiger partial charge in [0.25, 0.3) is 0 Å². The number of hydrazine groups is 1. The third-order valence-electron chi connectivity index (χ3n) is 0.599. The van der Waals surface area contributed by atoms with Gasteiger partial charge in [0.1, 0.15) is 6.34 Å². The highest BCUT2D eigenvalue weighted by Gasteiger charge is 1.84. The summed E-state index contributed by atoms with van der Waals surface area (Å²) < 4.78 is 0. The normalized spacial score (nSPS) is 9.27. The standard InChI is InChI=1S/C5H10N4O2/c1-4(10)8-6-3-7-9-5(2)11/h3H,1-2H3,(H,6,7)(H,8,10)(H,9,11). The topological polar surface area (TPSA) is 82.6 Å². The van der Waals surface area contributed by atoms with Gasteiger partial charge in [-0.1, -0.05) is 0 Å². The molecule has 0 atom stereocenters. The summed E-state index contributed by atoms with van der Waals surface area (Å²) in [5.74, 6) is -0.509. The molecule has 0 aromatic rings. The quantitative estimate of drug-likeness (QED) is 0.271. The molecule has 11 heavy (non-hydrogen) atoms. The Morgan fingerprint density at radius 1 is 1.27 bits per heavy atom. The Balaban J connectivity index is 3.30. The highest BCUT2D eigenvalue weighted by molar-refractivity contribution is 5.75. The Bertz CT molecular complexity index is 177. The van der Waals surface area contributed by atoms with Crippen molar-refractivity contribution >= 4 is 18.2 Å². The van der Waals surface area contributed by atoms with Crippen molar-refractivity contribution in [3.63, 3.8) is 0 Å². The van der Waals surface area contributed by atoms with Crippen LogP contribution < -0.4 is 16.3 Å². The van der Waals surface area contributed by atoms with Crippen molar-refractivity contribution in [3.8, 4) is 0 Å². The Kier molecular flexibility index (Phi) is 4.46. The maximum absolute atomic E-state index is 10.2. The molecule has 0 spiro atoms. The molecule has 0 aromatic heterocycles. The molecule has 0 bridgehead atoms. The minimum absolute atomic E-state index is 0.237. The number of carbonyl (C=O) groups is 2. The molecule has 0 unspecified atom stereocenters. The third kappa shape index (κ3) is 8.41. The summed E-state index contributed by atoms with van der Waals surface area (Å²) in [7, 11) is 0. The van der Waals surface area contributed by atoms with Crippen molar-refractivity contribution in [1.29, 1.82) is 0 Å². The van der Waals surface area contributed by atoms with Gasteiger partial charge < -0.3 is 0 Å². The van der Waals surface area contributed by atoms with Gasteiger partial charge in [-0.25, -0.2) is 5.43 Å². The number of nitrogens with one attached hydrogen (secondary N) is 3. The highest BCUT2D eigenvalue weighted by atomic mass is 16.2. The van der Waals surface area contributed by atoms with Crippen molar-refractivity contribution in [1.82, 2.24) is 16.3 Å². The Labute approximate surface area is 64.0 Å². The number of amides is 2. The van der Waals surface area contributed by atoms with Gasteiger partial charge in [0.15, 0.2) is 0 Å². The summed E-state index contributed by atoms with van der Waals surface area (Å²) in [6, 6.07) is 0. The second-order valence-corrected chi connectivity index (χ2v) is 1.75. The fourth-order valence-electron chi connectivity index (χ4n) is 0.289. The molecule has 3 N–H and O–H groups in total. The SMILES string of the molecule is CC(=O)NN=CNNC(C)=O. The maximum Gasteiger partial charge on any atom is 0.236 e. The van der Waals surface area contributed by atoms with Gasteiger partial charge in [-0.15, -0.1) is 0 Å². The maximum atomic E-state index is 10.2. The van der Waals surface area contributed by atoms with Crippen LogP contribution in [0.3, 0.4) is 0 Å². The van der Waals surface area contributed by atoms with Crippen LogP contribution in [0.1, 0.15) is 13.8 Å². The number of carbonyl (C=O) groups excluding carboxylic acids is 2. The molecule has 2 amide bonds. The van der Waals surface area contributed by atoms with Crippen LogP contribution in [0.4, 0.5) is 0 Å². The summed E-state index contributed by atoms with van der Waals surface area (Å²) in [4.78, 5) is 20.4. The average Bonchev–Trinajstić information content (AvgIpc) is 1.85. The minimum atomic E-state index is -0.272. The summed E-state index contributed by atoms with van der Waals surface area (Å²) >= 11 is 0. The number of rotatable bonds is 3. The zero-order chi connectivity index (χ0) is 8.69. The van der Waals surface area contributed by atoms with E-state index in [1.165, 1.54) is 13.8 Å². The van der Waals surface area contributed by atoms with Crippen molar-refractivity contribution in [2.45, 2.75) is 13.8 Å². The molecule has 0 rings (SSSR count). The lowest BCUT2D eigenvalue weighted by molar-refractivity contribution is -0.119. The van der Waals surface area contributed by atoms with Crippen LogP contribution in [0, 0.1) is 0 Å². The van der Waals surface area contributed by atoms with Gasteiger partial charge in [-0.3, -0.25) is 20.4 Å². The molecular formula is C5H10N4O2. The molecule has 0 saturated carbocycles. The van der Waals surface area contributed by atoms with E-state index in [2.05, 4.69) is 21.4 Å². The summed E-state index contributed by atoms with van der Waals surface area (Å²) in [6.07, 6.45) is 1.16. The van der Waals surface area contributed by atoms with Crippen molar-refractivity contribution in [3.05, 3.63) is 0 Å². The largest absolute Gasteiger partial charge is 0.287 e. The number of nitrogens with zero attached hydrogens (tertiary/aromatic N) is 1. The second-order valence-electron chi connectivity index (χ2n) is 1.75. The van der Waals surface area contributed by atoms with Crippen LogP contribution in [-0.4, -0.2) is 18.2 Å². The van der Waals surface area contributed by atoms with E-state index >= 15 is 0 Å². The third-order valence-corrected chi connectivity index (χ3v) is 0.599. The molecular weight excluding hydrogens is 148 g/mol. The van der Waals surface area contributed by atoms with Crippen LogP contribution in [0.15, 0.2) is 5.10 Å². The first kappa shape index (κ1) is 9.41. The lowest BCUT2D eigenvalue weighted by atomic mass is 10.8. The first-order valence-corrected chi connectivity index (χ1v) is 2.93. The van der Waals surface area contributed by atoms with E-state index < -0.39 is 0 Å². The highest BCUT2D eigenvalue weighted by Crippen LogP contribution is 1.57. The van der Waals surface area contributed by atoms with E-state index in [1.807, 2.05) is 0 Å². The molecule has 0 saturated heterocycles. The van der Waals surface area contributed by atoms with E-state index in [0.29, 0.717) is 0 Å². The first-order chi connectivity index (χ1) is 5.13. The van der Waals surface area contributed by atoms with Crippen molar-refractivity contribution < 1.29 is 9.59 Å². The van der Waals surface area contributed by atoms with E-state index in [4.69, 9.17) is 0 Å². The molecule has 0 heterocycles. The fraction of sp³-hybridized carbons (Fsp3) is 0.400. The summed E-state index contributed by atoms with van der Waals surface area (Å²) in [5, 5.41) is 3.39. The van der Waals surface area contributed by atoms with Gasteiger partial charge in [0.05, 0.1) is 0 Å². The predicted octanol–water partition coefficient (Wildman–Crippen LogP) is -1.29. The lowest BCUT2D eigenvalue weighted by Crippen LogP contribution is -2.35. The first-order valence-electron chi connectivity index (χ1n) is 2.93. The van der Waals surface area contributed by atoms with E-state index in [1.54, 1.807) is 0 Å². The van der Waals surface area contributed by atoms with Gasteiger partial charge >= 0.3 is 0 Å². The van der Waals surface area contributed by atoms with Crippen LogP contribution in [0.5, 0.6) is 0 Å². The molecule has 0 aliphatic rings. The van der Waals surface area contributed by atoms with Gasteiger partial charge in [-0.05, 0) is 0 Å². The summed E-state index contributed by atoms with van der Waals surface area (Å²) in [6.45, 7) is 2.68. The molecule has 0 radical (unpaired) electrons. The Morgan fingerprint density at radius 3 is 2.36 bits per heavy atom. The predicted molar refractivity (Wildman–Crippen MR) is 39.3 cm³/mol. The smallest absolute Gasteiger partial charge is 0.236 e. The van der Waals surface area contributed by atoms with Gasteiger partial charge in [-0.2, -0.15) is 5.10 Å². The van der Waals surface area contributed by atoms with Crippen LogP contribution in [0.25, 0.3) is 0 Å². The molecule has 0 aliphatic heterocycles. The van der Waals surface area contributed by atoms with E-state index in [9.17, 15) is 9.59 Å². The Hall–Kier alpha value is -1.59. The number of hydrogen-bond donors (Lipinski definition) is 3. The van der Waals surface area contributed by atoms with Crippen LogP contribution in [0.2, 0.25) is 0 Å². The van der Waals surface area contributed by atoms with E-state index in [-0.39, 0.29) is 11.8 Å². The zero-order valence-corrected chi connectivity index (χ0v) is 6.34. The van der Waals surface area contributed by atoms with Crippen LogP contribution >= 0.6 is 0 Å². The molecule has 6 nitrogen and oxygen atoms in total. The molecule has 6 heteroatoms. The van der Waals surface area contributed by atoms with Gasteiger partial charge in [0, 0.05) is 13.8 Å². The van der Waals surface area contributed by atoms with E-state index in [0.717, 1.165) is 6.34 Å². The second kappa shape index (κ2) is 5.21. The van der Waals surface area contributed by atoms with Crippen molar-refractivity contribution in [2.75, 3.05) is 0 Å². The van der Waals surface area contributed by atoms with Crippen LogP contribution in [-0.2, 0) is 9.59 Å². The molecule has 0 aromatic carbocycles. The lowest BCUT2D eigenvalue weighted by Gasteiger charge is -1.97. The summed E-state index contributed by atoms with van der Waals surface area (Å²) in [5.41, 5.74) is 6.70. The molecule has 0 fully saturated rings. The van der Waals surface area contributed by atoms with Crippen molar-refractivity contribution in [2.24, 2.45) is 5.10 Å². The molecule has 62 valence electrons. The monoisotopic (exact) mass is 158 g/mol. The minimum Gasteiger partial charge on any atom is -0.287 e. The number of hydrazone groups is 1. The average molecular weight is 158 g/mol. The number of hydrogen-bond acceptors (Lipinski definition) is 3. The Morgan fingerprint density at radius 2 is 1.91 bits per heavy atom. The zero-order valence-electron chi connectivity index (χ0n) is 6.34. The van der Waals surface area contributed by atoms with Gasteiger partial charge in [0.2, 0.25) is 11.8 Å². The molecule has 0 aliphatic carbocycles. The fourth-order valence-corrected chi connectivity index (χ4v) is 0.289.